The molecule has 0 saturated carbocycles. The summed E-state index contributed by atoms with van der Waals surface area (Å²) in [5.41, 5.74) is 0.930. The Bertz CT molecular complexity index is 312. The Balaban J connectivity index is 2.71. The van der Waals surface area contributed by atoms with Crippen LogP contribution in [0.1, 0.15) is 5.56 Å². The molecule has 0 saturated heterocycles. The molecule has 0 unspecified atom stereocenters. The van der Waals surface area contributed by atoms with Crippen LogP contribution in [0, 0.1) is 11.8 Å². The molecule has 0 aromatic carbocycles. The Labute approximate surface area is 80.5 Å². The van der Waals surface area contributed by atoms with Crippen LogP contribution in [0.2, 0.25) is 0 Å². The van der Waals surface area contributed by atoms with E-state index in [-0.39, 0.29) is 0 Å². The number of nitrogens with zero attached hydrogens (tertiary/aromatic N) is 1. The molecule has 1 aromatic rings. The number of pyridine rings is 1. The molecule has 1 heterocycles. The number of nitrogens with one attached hydrogen (secondary N) is 1. The maximum atomic E-state index is 3.99. The normalized spacial score (nSPS) is 8.83. The SMILES string of the molecule is CNCC#Cc1cncc(Br)c1. The predicted molar refractivity (Wildman–Crippen MR) is 52.7 cm³/mol. The van der Waals surface area contributed by atoms with Gasteiger partial charge in [-0.1, -0.05) is 11.8 Å². The van der Waals surface area contributed by atoms with Crippen molar-refractivity contribution in [3.05, 3.63) is 28.5 Å². The van der Waals surface area contributed by atoms with Gasteiger partial charge < -0.3 is 5.32 Å². The van der Waals surface area contributed by atoms with Gasteiger partial charge in [-0.15, -0.1) is 0 Å². The molecule has 0 aliphatic carbocycles. The first-order valence-electron chi connectivity index (χ1n) is 3.57. The van der Waals surface area contributed by atoms with Crippen LogP contribution in [0.25, 0.3) is 0 Å². The van der Waals surface area contributed by atoms with E-state index in [1.807, 2.05) is 13.1 Å². The molecule has 2 nitrogen and oxygen atoms in total. The van der Waals surface area contributed by atoms with E-state index in [9.17, 15) is 0 Å². The van der Waals surface area contributed by atoms with Crippen molar-refractivity contribution in [2.45, 2.75) is 0 Å². The van der Waals surface area contributed by atoms with Gasteiger partial charge in [-0.3, -0.25) is 4.98 Å². The van der Waals surface area contributed by atoms with Crippen LogP contribution in [0.3, 0.4) is 0 Å². The van der Waals surface area contributed by atoms with Crippen LogP contribution in [-0.4, -0.2) is 18.6 Å². The van der Waals surface area contributed by atoms with Crippen LogP contribution in [0.15, 0.2) is 22.9 Å². The molecular formula is C9H9BrN2. The Morgan fingerprint density at radius 2 is 2.42 bits per heavy atom. The first-order valence-corrected chi connectivity index (χ1v) is 4.36. The van der Waals surface area contributed by atoms with Gasteiger partial charge >= 0.3 is 0 Å². The van der Waals surface area contributed by atoms with Crippen molar-refractivity contribution in [2.24, 2.45) is 0 Å². The lowest BCUT2D eigenvalue weighted by Crippen LogP contribution is -2.04. The monoisotopic (exact) mass is 224 g/mol. The molecule has 0 fully saturated rings. The highest BCUT2D eigenvalue weighted by Gasteiger charge is 1.87. The molecule has 1 N–H and O–H groups in total. The van der Waals surface area contributed by atoms with Crippen LogP contribution < -0.4 is 5.32 Å². The molecule has 0 radical (unpaired) electrons. The summed E-state index contributed by atoms with van der Waals surface area (Å²) < 4.78 is 0.957. The average Bonchev–Trinajstić information content (AvgIpc) is 2.05. The standard InChI is InChI=1S/C9H9BrN2/c1-11-4-2-3-8-5-9(10)7-12-6-8/h5-7,11H,4H2,1H3. The smallest absolute Gasteiger partial charge is 0.0577 e. The van der Waals surface area contributed by atoms with Gasteiger partial charge in [0, 0.05) is 22.4 Å². The van der Waals surface area contributed by atoms with E-state index < -0.39 is 0 Å². The number of rotatable bonds is 1. The first-order chi connectivity index (χ1) is 5.83. The van der Waals surface area contributed by atoms with E-state index in [4.69, 9.17) is 0 Å². The van der Waals surface area contributed by atoms with Gasteiger partial charge in [-0.25, -0.2) is 0 Å². The quantitative estimate of drug-likeness (QED) is 0.731. The van der Waals surface area contributed by atoms with Crippen molar-refractivity contribution >= 4 is 15.9 Å². The third kappa shape index (κ3) is 3.04. The van der Waals surface area contributed by atoms with E-state index in [1.165, 1.54) is 0 Å². The maximum Gasteiger partial charge on any atom is 0.0577 e. The molecule has 62 valence electrons. The Morgan fingerprint density at radius 1 is 1.58 bits per heavy atom. The van der Waals surface area contributed by atoms with Crippen molar-refractivity contribution in [1.29, 1.82) is 0 Å². The van der Waals surface area contributed by atoms with Gasteiger partial charge in [0.1, 0.15) is 0 Å². The van der Waals surface area contributed by atoms with Crippen molar-refractivity contribution in [1.82, 2.24) is 10.3 Å². The lowest BCUT2D eigenvalue weighted by Gasteiger charge is -1.89. The molecule has 12 heavy (non-hydrogen) atoms. The zero-order chi connectivity index (χ0) is 8.81. The van der Waals surface area contributed by atoms with Gasteiger partial charge in [0.05, 0.1) is 6.54 Å². The van der Waals surface area contributed by atoms with E-state index in [2.05, 4.69) is 38.1 Å². The van der Waals surface area contributed by atoms with Crippen molar-refractivity contribution in [3.8, 4) is 11.8 Å². The van der Waals surface area contributed by atoms with Gasteiger partial charge in [-0.2, -0.15) is 0 Å². The lowest BCUT2D eigenvalue weighted by molar-refractivity contribution is 0.938. The van der Waals surface area contributed by atoms with Crippen LogP contribution >= 0.6 is 15.9 Å². The second kappa shape index (κ2) is 4.91. The molecule has 0 aliphatic heterocycles. The minimum absolute atomic E-state index is 0.701. The molecule has 0 bridgehead atoms. The summed E-state index contributed by atoms with van der Waals surface area (Å²) in [5.74, 6) is 5.94. The van der Waals surface area contributed by atoms with Gasteiger partial charge in [0.2, 0.25) is 0 Å². The second-order valence-corrected chi connectivity index (χ2v) is 3.14. The van der Waals surface area contributed by atoms with Crippen LogP contribution in [0.4, 0.5) is 0 Å². The third-order valence-electron chi connectivity index (χ3n) is 1.20. The Morgan fingerprint density at radius 3 is 3.08 bits per heavy atom. The van der Waals surface area contributed by atoms with Crippen molar-refractivity contribution in [2.75, 3.05) is 13.6 Å². The Hall–Kier alpha value is -0.850. The van der Waals surface area contributed by atoms with E-state index in [1.54, 1.807) is 12.4 Å². The van der Waals surface area contributed by atoms with Crippen molar-refractivity contribution in [3.63, 3.8) is 0 Å². The molecule has 1 rings (SSSR count). The highest BCUT2D eigenvalue weighted by molar-refractivity contribution is 9.10. The molecule has 3 heteroatoms. The number of halogens is 1. The van der Waals surface area contributed by atoms with E-state index in [0.29, 0.717) is 6.54 Å². The fraction of sp³-hybridized carbons (Fsp3) is 0.222. The largest absolute Gasteiger partial charge is 0.309 e. The molecule has 0 amide bonds. The summed E-state index contributed by atoms with van der Waals surface area (Å²) in [4.78, 5) is 3.99. The summed E-state index contributed by atoms with van der Waals surface area (Å²) in [6.07, 6.45) is 3.48. The maximum absolute atomic E-state index is 3.99. The summed E-state index contributed by atoms with van der Waals surface area (Å²) in [6.45, 7) is 0.701. The fourth-order valence-electron chi connectivity index (χ4n) is 0.715. The van der Waals surface area contributed by atoms with E-state index >= 15 is 0 Å². The van der Waals surface area contributed by atoms with Crippen LogP contribution in [-0.2, 0) is 0 Å². The Kier molecular flexibility index (Phi) is 3.78. The van der Waals surface area contributed by atoms with E-state index in [0.717, 1.165) is 10.0 Å². The minimum atomic E-state index is 0.701. The summed E-state index contributed by atoms with van der Waals surface area (Å²) in [6, 6.07) is 1.94. The molecule has 0 spiro atoms. The van der Waals surface area contributed by atoms with Gasteiger partial charge in [0.25, 0.3) is 0 Å². The van der Waals surface area contributed by atoms with Crippen LogP contribution in [0.5, 0.6) is 0 Å². The number of aromatic nitrogens is 1. The summed E-state index contributed by atoms with van der Waals surface area (Å²) >= 11 is 3.33. The highest BCUT2D eigenvalue weighted by Crippen LogP contribution is 2.07. The van der Waals surface area contributed by atoms with Gasteiger partial charge in [-0.05, 0) is 29.0 Å². The molecule has 0 aliphatic rings. The molecular weight excluding hydrogens is 216 g/mol. The topological polar surface area (TPSA) is 24.9 Å². The highest BCUT2D eigenvalue weighted by atomic mass is 79.9. The number of hydrogen-bond acceptors (Lipinski definition) is 2. The predicted octanol–water partition coefficient (Wildman–Crippen LogP) is 1.42. The number of hydrogen-bond donors (Lipinski definition) is 1. The molecule has 1 aromatic heterocycles. The minimum Gasteiger partial charge on any atom is -0.309 e. The third-order valence-corrected chi connectivity index (χ3v) is 1.64. The zero-order valence-corrected chi connectivity index (χ0v) is 8.35. The lowest BCUT2D eigenvalue weighted by atomic mass is 10.3. The zero-order valence-electron chi connectivity index (χ0n) is 6.76. The average molecular weight is 225 g/mol. The first kappa shape index (κ1) is 9.24. The summed E-state index contributed by atoms with van der Waals surface area (Å²) in [5, 5.41) is 2.95. The fourth-order valence-corrected chi connectivity index (χ4v) is 1.08. The van der Waals surface area contributed by atoms with Crippen molar-refractivity contribution < 1.29 is 0 Å². The second-order valence-electron chi connectivity index (χ2n) is 2.22. The van der Waals surface area contributed by atoms with Gasteiger partial charge in [0.15, 0.2) is 0 Å². The molecule has 0 atom stereocenters. The summed E-state index contributed by atoms with van der Waals surface area (Å²) in [7, 11) is 1.87.